The summed E-state index contributed by atoms with van der Waals surface area (Å²) in [5.41, 5.74) is 2.93. The van der Waals surface area contributed by atoms with E-state index in [0.29, 0.717) is 0 Å². The fraction of sp³-hybridized carbons (Fsp3) is 0.231. The number of benzene rings is 1. The summed E-state index contributed by atoms with van der Waals surface area (Å²) in [5, 5.41) is 3.44. The first kappa shape index (κ1) is 13.5. The van der Waals surface area contributed by atoms with Gasteiger partial charge in [0.1, 0.15) is 0 Å². The quantitative estimate of drug-likeness (QED) is 0.865. The molecule has 1 unspecified atom stereocenters. The molecule has 0 bridgehead atoms. The molecule has 0 saturated carbocycles. The second-order valence-corrected chi connectivity index (χ2v) is 5.70. The molecule has 1 aromatic heterocycles. The van der Waals surface area contributed by atoms with E-state index in [0.717, 1.165) is 26.0 Å². The lowest BCUT2D eigenvalue weighted by Crippen LogP contribution is -2.11. The number of hydrogen-bond donors (Lipinski definition) is 1. The summed E-state index contributed by atoms with van der Waals surface area (Å²) < 4.78 is 2.04. The Bertz CT molecular complexity index is 537. The normalized spacial score (nSPS) is 12.2. The third-order valence-corrected chi connectivity index (χ3v) is 3.97. The summed E-state index contributed by atoms with van der Waals surface area (Å²) in [5.74, 6) is 0. The molecule has 0 aliphatic heterocycles. The van der Waals surface area contributed by atoms with Gasteiger partial charge in [-0.25, -0.2) is 0 Å². The number of aryl methyl sites for hydroxylation is 1. The number of anilines is 1. The molecular weight excluding hydrogens is 358 g/mol. The van der Waals surface area contributed by atoms with Crippen molar-refractivity contribution in [3.63, 3.8) is 0 Å². The van der Waals surface area contributed by atoms with Gasteiger partial charge in [-0.2, -0.15) is 0 Å². The van der Waals surface area contributed by atoms with E-state index in [4.69, 9.17) is 0 Å². The molecule has 94 valence electrons. The van der Waals surface area contributed by atoms with E-state index in [2.05, 4.69) is 54.1 Å². The monoisotopic (exact) mass is 369 g/mol. The molecule has 2 aromatic rings. The highest BCUT2D eigenvalue weighted by molar-refractivity contribution is 9.11. The van der Waals surface area contributed by atoms with Crippen LogP contribution in [0, 0.1) is 6.92 Å². The second kappa shape index (κ2) is 5.80. The van der Waals surface area contributed by atoms with E-state index in [1.165, 1.54) is 0 Å². The van der Waals surface area contributed by atoms with E-state index in [-0.39, 0.29) is 6.04 Å². The largest absolute Gasteiger partial charge is 0.375 e. The molecule has 2 rings (SSSR count). The maximum absolute atomic E-state index is 4.38. The average Bonchev–Trinajstić information content (AvgIpc) is 2.34. The Balaban J connectivity index is 2.27. The molecule has 0 fully saturated rings. The Kier molecular flexibility index (Phi) is 4.35. The van der Waals surface area contributed by atoms with Crippen molar-refractivity contribution in [1.29, 1.82) is 0 Å². The Morgan fingerprint density at radius 2 is 1.72 bits per heavy atom. The highest BCUT2D eigenvalue weighted by atomic mass is 79.9. The minimum absolute atomic E-state index is 0.0914. The molecule has 5 heteroatoms. The van der Waals surface area contributed by atoms with Gasteiger partial charge < -0.3 is 5.32 Å². The van der Waals surface area contributed by atoms with Crippen LogP contribution in [0.15, 0.2) is 39.5 Å². The Labute approximate surface area is 123 Å². The number of rotatable bonds is 3. The van der Waals surface area contributed by atoms with E-state index >= 15 is 0 Å². The molecule has 3 nitrogen and oxygen atoms in total. The topological polar surface area (TPSA) is 37.8 Å². The molecule has 1 heterocycles. The van der Waals surface area contributed by atoms with Gasteiger partial charge in [0.2, 0.25) is 0 Å². The standard InChI is InChI=1S/C13H13Br2N3/c1-8-12(17-7-6-16-8)9(2)18-13-10(14)4-3-5-11(13)15/h3-7,9,18H,1-2H3. The van der Waals surface area contributed by atoms with E-state index in [1.54, 1.807) is 12.4 Å². The number of nitrogens with zero attached hydrogens (tertiary/aromatic N) is 2. The molecule has 0 amide bonds. The van der Waals surface area contributed by atoms with Crippen LogP contribution in [0.2, 0.25) is 0 Å². The van der Waals surface area contributed by atoms with Crippen LogP contribution < -0.4 is 5.32 Å². The van der Waals surface area contributed by atoms with Gasteiger partial charge in [0.15, 0.2) is 0 Å². The second-order valence-electron chi connectivity index (χ2n) is 3.99. The van der Waals surface area contributed by atoms with Crippen molar-refractivity contribution in [2.45, 2.75) is 19.9 Å². The summed E-state index contributed by atoms with van der Waals surface area (Å²) in [6.45, 7) is 4.04. The fourth-order valence-corrected chi connectivity index (χ4v) is 2.99. The Morgan fingerprint density at radius 1 is 1.11 bits per heavy atom. The maximum Gasteiger partial charge on any atom is 0.0835 e. The van der Waals surface area contributed by atoms with E-state index in [9.17, 15) is 0 Å². The van der Waals surface area contributed by atoms with Gasteiger partial charge in [-0.1, -0.05) is 6.07 Å². The third-order valence-electron chi connectivity index (χ3n) is 2.65. The molecule has 0 aliphatic rings. The lowest BCUT2D eigenvalue weighted by Gasteiger charge is -2.18. The summed E-state index contributed by atoms with van der Waals surface area (Å²) >= 11 is 7.08. The molecule has 0 radical (unpaired) electrons. The summed E-state index contributed by atoms with van der Waals surface area (Å²) in [7, 11) is 0. The summed E-state index contributed by atoms with van der Waals surface area (Å²) in [6.07, 6.45) is 3.43. The van der Waals surface area contributed by atoms with Crippen LogP contribution in [0.1, 0.15) is 24.4 Å². The Hall–Kier alpha value is -0.940. The lowest BCUT2D eigenvalue weighted by atomic mass is 10.2. The molecule has 1 aromatic carbocycles. The van der Waals surface area contributed by atoms with Crippen LogP contribution in [0.3, 0.4) is 0 Å². The Morgan fingerprint density at radius 3 is 2.33 bits per heavy atom. The minimum atomic E-state index is 0.0914. The van der Waals surface area contributed by atoms with Crippen molar-refractivity contribution < 1.29 is 0 Å². The molecular formula is C13H13Br2N3. The highest BCUT2D eigenvalue weighted by Crippen LogP contribution is 2.33. The SMILES string of the molecule is Cc1nccnc1C(C)Nc1c(Br)cccc1Br. The fourth-order valence-electron chi connectivity index (χ4n) is 1.76. The molecule has 0 spiro atoms. The van der Waals surface area contributed by atoms with Crippen LogP contribution in [0.25, 0.3) is 0 Å². The van der Waals surface area contributed by atoms with Crippen molar-refractivity contribution in [2.75, 3.05) is 5.32 Å². The van der Waals surface area contributed by atoms with Gasteiger partial charge in [-0.15, -0.1) is 0 Å². The predicted octanol–water partition coefficient (Wildman–Crippen LogP) is 4.48. The zero-order valence-electron chi connectivity index (χ0n) is 10.1. The van der Waals surface area contributed by atoms with Crippen molar-refractivity contribution >= 4 is 37.5 Å². The van der Waals surface area contributed by atoms with Crippen molar-refractivity contribution in [3.8, 4) is 0 Å². The molecule has 18 heavy (non-hydrogen) atoms. The van der Waals surface area contributed by atoms with Crippen LogP contribution in [-0.4, -0.2) is 9.97 Å². The van der Waals surface area contributed by atoms with E-state index in [1.807, 2.05) is 25.1 Å². The number of nitrogens with one attached hydrogen (secondary N) is 1. The van der Waals surface area contributed by atoms with Gasteiger partial charge in [-0.3, -0.25) is 9.97 Å². The first-order valence-corrected chi connectivity index (χ1v) is 7.16. The van der Waals surface area contributed by atoms with Crippen LogP contribution in [0.4, 0.5) is 5.69 Å². The van der Waals surface area contributed by atoms with Gasteiger partial charge >= 0.3 is 0 Å². The molecule has 1 atom stereocenters. The number of hydrogen-bond acceptors (Lipinski definition) is 3. The van der Waals surface area contributed by atoms with Crippen molar-refractivity contribution in [1.82, 2.24) is 9.97 Å². The highest BCUT2D eigenvalue weighted by Gasteiger charge is 2.13. The molecule has 0 saturated heterocycles. The van der Waals surface area contributed by atoms with Crippen molar-refractivity contribution in [2.24, 2.45) is 0 Å². The predicted molar refractivity (Wildman–Crippen MR) is 80.6 cm³/mol. The van der Waals surface area contributed by atoms with Gasteiger partial charge in [0.05, 0.1) is 23.1 Å². The maximum atomic E-state index is 4.38. The summed E-state index contributed by atoms with van der Waals surface area (Å²) in [4.78, 5) is 8.64. The zero-order chi connectivity index (χ0) is 13.1. The first-order valence-electron chi connectivity index (χ1n) is 5.57. The van der Waals surface area contributed by atoms with Crippen LogP contribution in [-0.2, 0) is 0 Å². The lowest BCUT2D eigenvalue weighted by molar-refractivity contribution is 0.808. The van der Waals surface area contributed by atoms with Gasteiger partial charge in [0.25, 0.3) is 0 Å². The van der Waals surface area contributed by atoms with Crippen molar-refractivity contribution in [3.05, 3.63) is 50.9 Å². The third kappa shape index (κ3) is 2.90. The average molecular weight is 371 g/mol. The van der Waals surface area contributed by atoms with Crippen LogP contribution in [0.5, 0.6) is 0 Å². The van der Waals surface area contributed by atoms with Gasteiger partial charge in [-0.05, 0) is 57.8 Å². The number of halogens is 2. The van der Waals surface area contributed by atoms with E-state index < -0.39 is 0 Å². The zero-order valence-corrected chi connectivity index (χ0v) is 13.3. The number of aromatic nitrogens is 2. The molecule has 1 N–H and O–H groups in total. The molecule has 0 aliphatic carbocycles. The van der Waals surface area contributed by atoms with Crippen LogP contribution >= 0.6 is 31.9 Å². The number of para-hydroxylation sites is 1. The first-order chi connectivity index (χ1) is 8.59. The summed E-state index contributed by atoms with van der Waals surface area (Å²) in [6, 6.07) is 6.08. The minimum Gasteiger partial charge on any atom is -0.375 e. The van der Waals surface area contributed by atoms with Gasteiger partial charge in [0, 0.05) is 21.3 Å². The smallest absolute Gasteiger partial charge is 0.0835 e.